The summed E-state index contributed by atoms with van der Waals surface area (Å²) in [6, 6.07) is 4.61. The highest BCUT2D eigenvalue weighted by Crippen LogP contribution is 2.24. The van der Waals surface area contributed by atoms with E-state index in [1.165, 1.54) is 12.1 Å². The molecule has 1 aliphatic rings. The number of imide groups is 1. The molecule has 24 heavy (non-hydrogen) atoms. The molecule has 2 rings (SSSR count). The van der Waals surface area contributed by atoms with Crippen molar-refractivity contribution in [3.63, 3.8) is 0 Å². The molecule has 0 heterocycles. The van der Waals surface area contributed by atoms with Gasteiger partial charge in [0, 0.05) is 17.8 Å². The fraction of sp³-hybridized carbons (Fsp3) is 0.467. The van der Waals surface area contributed by atoms with Crippen LogP contribution in [0.5, 0.6) is 5.75 Å². The van der Waals surface area contributed by atoms with Gasteiger partial charge in [-0.05, 0) is 25.0 Å². The molecular formula is C15H18F3N3O3. The van der Waals surface area contributed by atoms with E-state index >= 15 is 0 Å². The number of amides is 3. The van der Waals surface area contributed by atoms with Gasteiger partial charge >= 0.3 is 12.4 Å². The lowest BCUT2D eigenvalue weighted by atomic mass is 10.2. The van der Waals surface area contributed by atoms with Crippen LogP contribution in [0.25, 0.3) is 0 Å². The molecule has 3 amide bonds. The van der Waals surface area contributed by atoms with Gasteiger partial charge in [-0.1, -0.05) is 18.9 Å². The van der Waals surface area contributed by atoms with Crippen LogP contribution in [0, 0.1) is 0 Å². The van der Waals surface area contributed by atoms with Crippen molar-refractivity contribution in [3.8, 4) is 5.75 Å². The summed E-state index contributed by atoms with van der Waals surface area (Å²) in [6.45, 7) is -0.256. The molecule has 1 aliphatic carbocycles. The van der Waals surface area contributed by atoms with Crippen LogP contribution in [0.3, 0.4) is 0 Å². The maximum atomic E-state index is 12.1. The molecule has 0 radical (unpaired) electrons. The first kappa shape index (κ1) is 17.9. The topological polar surface area (TPSA) is 79.5 Å². The number of nitrogens with one attached hydrogen (secondary N) is 3. The van der Waals surface area contributed by atoms with Gasteiger partial charge in [-0.25, -0.2) is 4.79 Å². The van der Waals surface area contributed by atoms with E-state index in [-0.39, 0.29) is 18.3 Å². The molecule has 1 fully saturated rings. The number of urea groups is 1. The Morgan fingerprint density at radius 1 is 1.21 bits per heavy atom. The van der Waals surface area contributed by atoms with Gasteiger partial charge in [-0.2, -0.15) is 0 Å². The molecule has 9 heteroatoms. The van der Waals surface area contributed by atoms with Crippen LogP contribution < -0.4 is 20.7 Å². The Hall–Kier alpha value is -2.45. The Morgan fingerprint density at radius 2 is 1.92 bits per heavy atom. The number of carbonyl (C=O) groups is 2. The first-order valence-electron chi connectivity index (χ1n) is 7.52. The quantitative estimate of drug-likeness (QED) is 0.767. The summed E-state index contributed by atoms with van der Waals surface area (Å²) >= 11 is 0. The summed E-state index contributed by atoms with van der Waals surface area (Å²) in [7, 11) is 0. The van der Waals surface area contributed by atoms with E-state index in [1.807, 2.05) is 0 Å². The molecule has 1 saturated carbocycles. The van der Waals surface area contributed by atoms with Gasteiger partial charge < -0.3 is 15.4 Å². The zero-order valence-electron chi connectivity index (χ0n) is 12.8. The minimum atomic E-state index is -4.78. The van der Waals surface area contributed by atoms with E-state index in [4.69, 9.17) is 0 Å². The minimum absolute atomic E-state index is 0.0851. The molecule has 0 atom stereocenters. The number of rotatable bonds is 5. The highest BCUT2D eigenvalue weighted by molar-refractivity contribution is 5.96. The van der Waals surface area contributed by atoms with Gasteiger partial charge in [0.25, 0.3) is 0 Å². The number of anilines is 1. The molecule has 1 aromatic rings. The number of carbonyl (C=O) groups excluding carboxylic acids is 2. The van der Waals surface area contributed by atoms with Crippen molar-refractivity contribution in [1.82, 2.24) is 10.6 Å². The molecule has 0 aliphatic heterocycles. The predicted molar refractivity (Wildman–Crippen MR) is 80.5 cm³/mol. The summed E-state index contributed by atoms with van der Waals surface area (Å²) < 4.78 is 40.2. The Bertz CT molecular complexity index is 587. The SMILES string of the molecule is O=C(CNc1cccc(OC(F)(F)F)c1)NC(=O)NC1CCCC1. The third-order valence-corrected chi connectivity index (χ3v) is 3.46. The number of hydrogen-bond donors (Lipinski definition) is 3. The second kappa shape index (κ2) is 7.89. The van der Waals surface area contributed by atoms with Crippen LogP contribution in [0.4, 0.5) is 23.7 Å². The van der Waals surface area contributed by atoms with Crippen LogP contribution in [-0.4, -0.2) is 30.9 Å². The van der Waals surface area contributed by atoms with E-state index in [0.29, 0.717) is 0 Å². The normalized spacial score (nSPS) is 15.0. The lowest BCUT2D eigenvalue weighted by molar-refractivity contribution is -0.274. The van der Waals surface area contributed by atoms with Gasteiger partial charge in [-0.15, -0.1) is 13.2 Å². The summed E-state index contributed by atoms with van der Waals surface area (Å²) in [5.74, 6) is -0.987. The van der Waals surface area contributed by atoms with E-state index in [1.54, 1.807) is 0 Å². The fourth-order valence-electron chi connectivity index (χ4n) is 2.45. The van der Waals surface area contributed by atoms with Crippen LogP contribution >= 0.6 is 0 Å². The lowest BCUT2D eigenvalue weighted by Gasteiger charge is -2.13. The number of benzene rings is 1. The first-order valence-corrected chi connectivity index (χ1v) is 7.52. The molecule has 3 N–H and O–H groups in total. The molecule has 0 bridgehead atoms. The predicted octanol–water partition coefficient (Wildman–Crippen LogP) is 2.77. The second-order valence-electron chi connectivity index (χ2n) is 5.43. The van der Waals surface area contributed by atoms with Crippen molar-refractivity contribution >= 4 is 17.6 Å². The number of ether oxygens (including phenoxy) is 1. The van der Waals surface area contributed by atoms with Crippen molar-refractivity contribution < 1.29 is 27.5 Å². The summed E-state index contributed by atoms with van der Waals surface area (Å²) in [5.41, 5.74) is 0.267. The number of alkyl halides is 3. The fourth-order valence-corrected chi connectivity index (χ4v) is 2.45. The van der Waals surface area contributed by atoms with Gasteiger partial charge in [0.1, 0.15) is 5.75 Å². The van der Waals surface area contributed by atoms with E-state index < -0.39 is 24.1 Å². The van der Waals surface area contributed by atoms with Crippen molar-refractivity contribution in [2.45, 2.75) is 38.1 Å². The highest BCUT2D eigenvalue weighted by atomic mass is 19.4. The van der Waals surface area contributed by atoms with E-state index in [2.05, 4.69) is 20.7 Å². The molecule has 6 nitrogen and oxygen atoms in total. The second-order valence-corrected chi connectivity index (χ2v) is 5.43. The third kappa shape index (κ3) is 6.35. The lowest BCUT2D eigenvalue weighted by Crippen LogP contribution is -2.45. The summed E-state index contributed by atoms with van der Waals surface area (Å²) in [4.78, 5) is 23.3. The van der Waals surface area contributed by atoms with Crippen LogP contribution in [0.2, 0.25) is 0 Å². The van der Waals surface area contributed by atoms with Crippen molar-refractivity contribution in [2.75, 3.05) is 11.9 Å². The van der Waals surface area contributed by atoms with E-state index in [9.17, 15) is 22.8 Å². The van der Waals surface area contributed by atoms with Gasteiger partial charge in [-0.3, -0.25) is 10.1 Å². The van der Waals surface area contributed by atoms with Gasteiger partial charge in [0.2, 0.25) is 5.91 Å². The Kier molecular flexibility index (Phi) is 5.88. The highest BCUT2D eigenvalue weighted by Gasteiger charge is 2.31. The van der Waals surface area contributed by atoms with Crippen LogP contribution in [0.15, 0.2) is 24.3 Å². The summed E-state index contributed by atoms with van der Waals surface area (Å²) in [5, 5.41) is 7.50. The monoisotopic (exact) mass is 345 g/mol. The average molecular weight is 345 g/mol. The molecule has 132 valence electrons. The first-order chi connectivity index (χ1) is 11.3. The zero-order valence-corrected chi connectivity index (χ0v) is 12.8. The minimum Gasteiger partial charge on any atom is -0.406 e. The third-order valence-electron chi connectivity index (χ3n) is 3.46. The Balaban J connectivity index is 1.76. The number of hydrogen-bond acceptors (Lipinski definition) is 4. The molecule has 0 aromatic heterocycles. The zero-order chi connectivity index (χ0) is 17.6. The summed E-state index contributed by atoms with van der Waals surface area (Å²) in [6.07, 6.45) is -0.889. The smallest absolute Gasteiger partial charge is 0.406 e. The molecular weight excluding hydrogens is 327 g/mol. The maximum absolute atomic E-state index is 12.1. The van der Waals surface area contributed by atoms with Crippen molar-refractivity contribution in [3.05, 3.63) is 24.3 Å². The van der Waals surface area contributed by atoms with Crippen molar-refractivity contribution in [1.29, 1.82) is 0 Å². The standard InChI is InChI=1S/C15H18F3N3O3/c16-15(17,18)24-12-7-3-6-11(8-12)19-9-13(22)21-14(23)20-10-4-1-2-5-10/h3,6-8,10,19H,1-2,4-5,9H2,(H2,20,21,22,23). The largest absolute Gasteiger partial charge is 0.573 e. The maximum Gasteiger partial charge on any atom is 0.573 e. The Morgan fingerprint density at radius 3 is 2.58 bits per heavy atom. The Labute approximate surface area is 136 Å². The average Bonchev–Trinajstić information content (AvgIpc) is 2.96. The van der Waals surface area contributed by atoms with Crippen molar-refractivity contribution in [2.24, 2.45) is 0 Å². The molecule has 0 saturated heterocycles. The van der Waals surface area contributed by atoms with Gasteiger partial charge in [0.05, 0.1) is 6.54 Å². The molecule has 1 aromatic carbocycles. The van der Waals surface area contributed by atoms with Gasteiger partial charge in [0.15, 0.2) is 0 Å². The number of halogens is 3. The van der Waals surface area contributed by atoms with E-state index in [0.717, 1.165) is 37.8 Å². The van der Waals surface area contributed by atoms with Crippen LogP contribution in [-0.2, 0) is 4.79 Å². The molecule has 0 unspecified atom stereocenters. The van der Waals surface area contributed by atoms with Crippen LogP contribution in [0.1, 0.15) is 25.7 Å². The molecule has 0 spiro atoms.